The van der Waals surface area contributed by atoms with Crippen LogP contribution in [0.15, 0.2) is 0 Å². The molecular formula is C8H22Cl2N2O. The van der Waals surface area contributed by atoms with E-state index in [1.807, 2.05) is 0 Å². The van der Waals surface area contributed by atoms with Gasteiger partial charge in [-0.3, -0.25) is 0 Å². The Hall–Kier alpha value is 0.460. The van der Waals surface area contributed by atoms with E-state index in [2.05, 4.69) is 19.2 Å². The highest BCUT2D eigenvalue weighted by Gasteiger charge is 2.01. The Bertz CT molecular complexity index is 82.5. The molecule has 0 rings (SSSR count). The summed E-state index contributed by atoms with van der Waals surface area (Å²) >= 11 is 0. The van der Waals surface area contributed by atoms with Crippen LogP contribution in [0.5, 0.6) is 0 Å². The van der Waals surface area contributed by atoms with Crippen LogP contribution in [-0.4, -0.2) is 44.4 Å². The van der Waals surface area contributed by atoms with Gasteiger partial charge in [-0.2, -0.15) is 0 Å². The fourth-order valence-corrected chi connectivity index (χ4v) is 1.15. The fourth-order valence-electron chi connectivity index (χ4n) is 1.15. The Labute approximate surface area is 93.7 Å². The van der Waals surface area contributed by atoms with Crippen molar-refractivity contribution in [1.82, 2.24) is 0 Å². The van der Waals surface area contributed by atoms with Gasteiger partial charge in [0.05, 0.1) is 26.2 Å². The highest BCUT2D eigenvalue weighted by molar-refractivity contribution is 4.22. The maximum absolute atomic E-state index is 8.51. The molecular weight excluding hydrogens is 211 g/mol. The number of hydrogen-bond acceptors (Lipinski definition) is 1. The van der Waals surface area contributed by atoms with Crippen molar-refractivity contribution in [3.8, 4) is 0 Å². The van der Waals surface area contributed by atoms with Crippen LogP contribution in [0, 0.1) is 0 Å². The van der Waals surface area contributed by atoms with Crippen molar-refractivity contribution in [1.29, 1.82) is 0 Å². The summed E-state index contributed by atoms with van der Waals surface area (Å²) in [5.74, 6) is 0. The molecule has 0 aromatic carbocycles. The van der Waals surface area contributed by atoms with Gasteiger partial charge in [0.2, 0.25) is 0 Å². The topological polar surface area (TPSA) is 41.3 Å². The zero-order chi connectivity index (χ0) is 8.53. The van der Waals surface area contributed by atoms with Crippen molar-refractivity contribution in [2.75, 3.05) is 39.3 Å². The molecule has 5 heteroatoms. The molecule has 0 unspecified atom stereocenters. The van der Waals surface area contributed by atoms with Gasteiger partial charge in [-0.1, -0.05) is 0 Å². The number of quaternary nitrogens is 2. The van der Waals surface area contributed by atoms with Crippen LogP contribution >= 0.6 is 0 Å². The van der Waals surface area contributed by atoms with Crippen LogP contribution < -0.4 is 35.0 Å². The Morgan fingerprint density at radius 2 is 1.62 bits per heavy atom. The summed E-state index contributed by atoms with van der Waals surface area (Å²) in [5, 5.41) is 10.7. The average molecular weight is 233 g/mol. The van der Waals surface area contributed by atoms with Crippen LogP contribution in [0.2, 0.25) is 0 Å². The number of hydrogen-bond donors (Lipinski definition) is 3. The largest absolute Gasteiger partial charge is 1.00 e. The van der Waals surface area contributed by atoms with E-state index in [0.29, 0.717) is 6.61 Å². The summed E-state index contributed by atoms with van der Waals surface area (Å²) in [7, 11) is 0. The third-order valence-electron chi connectivity index (χ3n) is 2.04. The lowest BCUT2D eigenvalue weighted by molar-refractivity contribution is -0.909. The molecule has 84 valence electrons. The standard InChI is InChI=1S/C8H20N2O.2ClH/c1-3-10(4-2)7-5-9-6-8-11;;/h9,11H,3-8H2,1-2H3;2*1H. The molecule has 0 aliphatic carbocycles. The van der Waals surface area contributed by atoms with Crippen molar-refractivity contribution in [2.24, 2.45) is 0 Å². The predicted octanol–water partition coefficient (Wildman–Crippen LogP) is -8.53. The summed E-state index contributed by atoms with van der Waals surface area (Å²) in [5.41, 5.74) is 0. The zero-order valence-corrected chi connectivity index (χ0v) is 10.0. The quantitative estimate of drug-likeness (QED) is 0.376. The van der Waals surface area contributed by atoms with Crippen molar-refractivity contribution < 1.29 is 40.1 Å². The molecule has 0 aromatic heterocycles. The Morgan fingerprint density at radius 3 is 2.00 bits per heavy atom. The molecule has 0 atom stereocenters. The molecule has 0 fully saturated rings. The predicted molar refractivity (Wildman–Crippen MR) is 45.7 cm³/mol. The number of nitrogens with two attached hydrogens (primary N) is 1. The van der Waals surface area contributed by atoms with Crippen LogP contribution in [0.1, 0.15) is 13.8 Å². The van der Waals surface area contributed by atoms with E-state index in [4.69, 9.17) is 5.11 Å². The van der Waals surface area contributed by atoms with Crippen molar-refractivity contribution in [3.05, 3.63) is 0 Å². The summed E-state index contributed by atoms with van der Waals surface area (Å²) in [6, 6.07) is 0. The molecule has 0 radical (unpaired) electrons. The van der Waals surface area contributed by atoms with Gasteiger partial charge >= 0.3 is 0 Å². The number of aliphatic hydroxyl groups excluding tert-OH is 1. The molecule has 0 spiro atoms. The van der Waals surface area contributed by atoms with E-state index in [9.17, 15) is 0 Å². The number of rotatable bonds is 7. The number of aliphatic hydroxyl groups is 1. The first-order valence-corrected chi connectivity index (χ1v) is 4.61. The van der Waals surface area contributed by atoms with Gasteiger partial charge in [-0.15, -0.1) is 0 Å². The number of nitrogens with one attached hydrogen (secondary N) is 1. The minimum Gasteiger partial charge on any atom is -1.00 e. The van der Waals surface area contributed by atoms with Gasteiger partial charge in [-0.05, 0) is 13.8 Å². The minimum absolute atomic E-state index is 0. The van der Waals surface area contributed by atoms with Crippen LogP contribution in [0.3, 0.4) is 0 Å². The Kier molecular flexibility index (Phi) is 22.0. The SMILES string of the molecule is CC[NH+](CC)CC[NH2+]CCO.[Cl-].[Cl-]. The lowest BCUT2D eigenvalue weighted by Crippen LogP contribution is -3.14. The normalized spacial score (nSPS) is 9.23. The van der Waals surface area contributed by atoms with Crippen molar-refractivity contribution in [3.63, 3.8) is 0 Å². The highest BCUT2D eigenvalue weighted by atomic mass is 35.5. The number of likely N-dealkylation sites (N-methyl/N-ethyl adjacent to an activating group) is 1. The minimum atomic E-state index is 0. The summed E-state index contributed by atoms with van der Waals surface area (Å²) < 4.78 is 0. The molecule has 3 nitrogen and oxygen atoms in total. The van der Waals surface area contributed by atoms with E-state index < -0.39 is 0 Å². The van der Waals surface area contributed by atoms with Crippen LogP contribution in [0.25, 0.3) is 0 Å². The van der Waals surface area contributed by atoms with Gasteiger partial charge in [0.1, 0.15) is 13.1 Å². The van der Waals surface area contributed by atoms with Gasteiger partial charge in [0.15, 0.2) is 0 Å². The maximum Gasteiger partial charge on any atom is 0.127 e. The maximum atomic E-state index is 8.51. The van der Waals surface area contributed by atoms with E-state index >= 15 is 0 Å². The third-order valence-corrected chi connectivity index (χ3v) is 2.04. The number of halogens is 2. The molecule has 4 N–H and O–H groups in total. The van der Waals surface area contributed by atoms with Crippen LogP contribution in [0.4, 0.5) is 0 Å². The second kappa shape index (κ2) is 15.0. The molecule has 0 aliphatic rings. The lowest BCUT2D eigenvalue weighted by Gasteiger charge is -2.13. The molecule has 0 aromatic rings. The average Bonchev–Trinajstić information content (AvgIpc) is 2.05. The Morgan fingerprint density at radius 1 is 1.08 bits per heavy atom. The van der Waals surface area contributed by atoms with E-state index in [1.165, 1.54) is 19.6 Å². The first kappa shape index (κ1) is 19.1. The first-order chi connectivity index (χ1) is 5.35. The molecule has 0 saturated heterocycles. The smallest absolute Gasteiger partial charge is 0.127 e. The second-order valence-electron chi connectivity index (χ2n) is 2.80. The molecule has 13 heavy (non-hydrogen) atoms. The molecule has 0 bridgehead atoms. The van der Waals surface area contributed by atoms with Crippen molar-refractivity contribution in [2.45, 2.75) is 13.8 Å². The third kappa shape index (κ3) is 12.5. The van der Waals surface area contributed by atoms with Crippen molar-refractivity contribution >= 4 is 0 Å². The monoisotopic (exact) mass is 232 g/mol. The molecule has 0 amide bonds. The highest BCUT2D eigenvalue weighted by Crippen LogP contribution is 1.47. The zero-order valence-electron chi connectivity index (χ0n) is 8.52. The molecule has 0 heterocycles. The van der Waals surface area contributed by atoms with Gasteiger partial charge in [0.25, 0.3) is 0 Å². The van der Waals surface area contributed by atoms with Crippen LogP contribution in [-0.2, 0) is 0 Å². The summed E-state index contributed by atoms with van der Waals surface area (Å²) in [6.07, 6.45) is 0. The molecule has 0 aliphatic heterocycles. The first-order valence-electron chi connectivity index (χ1n) is 4.61. The fraction of sp³-hybridized carbons (Fsp3) is 1.00. The van der Waals surface area contributed by atoms with E-state index in [1.54, 1.807) is 4.90 Å². The lowest BCUT2D eigenvalue weighted by atomic mass is 10.4. The Balaban J connectivity index is -0.000000500. The van der Waals surface area contributed by atoms with Gasteiger partial charge < -0.3 is 40.1 Å². The van der Waals surface area contributed by atoms with Gasteiger partial charge in [0, 0.05) is 0 Å². The molecule has 0 saturated carbocycles. The second-order valence-corrected chi connectivity index (χ2v) is 2.80. The van der Waals surface area contributed by atoms with E-state index in [-0.39, 0.29) is 24.8 Å². The summed E-state index contributed by atoms with van der Waals surface area (Å²) in [6.45, 7) is 10.3. The van der Waals surface area contributed by atoms with Gasteiger partial charge in [-0.25, -0.2) is 0 Å². The summed E-state index contributed by atoms with van der Waals surface area (Å²) in [4.78, 5) is 1.64. The van der Waals surface area contributed by atoms with E-state index in [0.717, 1.165) is 13.1 Å².